The fraction of sp³-hybridized carbons (Fsp3) is 0.182. The Morgan fingerprint density at radius 1 is 1.09 bits per heavy atom. The van der Waals surface area contributed by atoms with E-state index < -0.39 is 27.9 Å². The lowest BCUT2D eigenvalue weighted by Gasteiger charge is -2.26. The number of hydrogen-bond acceptors (Lipinski definition) is 5. The number of anilines is 1. The average molecular weight is 601 g/mol. The van der Waals surface area contributed by atoms with Crippen molar-refractivity contribution in [1.82, 2.24) is 4.31 Å². The van der Waals surface area contributed by atoms with Crippen molar-refractivity contribution in [2.45, 2.75) is 23.1 Å². The second kappa shape index (κ2) is 9.60. The van der Waals surface area contributed by atoms with Crippen molar-refractivity contribution in [3.05, 3.63) is 80.2 Å². The monoisotopic (exact) mass is 600 g/mol. The van der Waals surface area contributed by atoms with E-state index in [1.807, 2.05) is 6.07 Å². The topological polar surface area (TPSA) is 74.8 Å². The standard InChI is InChI=1S/C22H18ClIN2O4S2/c23-16-4-1-3-15(13-16)10-11-25(32(29,30)21-5-2-12-31-21)19-14-20(27)26(22(19)28)18-8-6-17(24)7-9-18/h1-9,12-13,19H,10-11,14H2. The molecule has 0 bridgehead atoms. The molecule has 1 fully saturated rings. The van der Waals surface area contributed by atoms with Crippen LogP contribution >= 0.6 is 45.5 Å². The van der Waals surface area contributed by atoms with Gasteiger partial charge in [-0.2, -0.15) is 4.31 Å². The summed E-state index contributed by atoms with van der Waals surface area (Å²) in [7, 11) is -3.97. The van der Waals surface area contributed by atoms with E-state index in [-0.39, 0.29) is 17.2 Å². The summed E-state index contributed by atoms with van der Waals surface area (Å²) in [6, 6.07) is 16.1. The van der Waals surface area contributed by atoms with E-state index in [2.05, 4.69) is 22.6 Å². The van der Waals surface area contributed by atoms with Crippen LogP contribution < -0.4 is 4.90 Å². The van der Waals surface area contributed by atoms with Gasteiger partial charge >= 0.3 is 0 Å². The molecule has 1 atom stereocenters. The number of carbonyl (C=O) groups excluding carboxylic acids is 2. The molecule has 0 aliphatic carbocycles. The maximum absolute atomic E-state index is 13.4. The van der Waals surface area contributed by atoms with Crippen molar-refractivity contribution in [2.24, 2.45) is 0 Å². The Morgan fingerprint density at radius 2 is 1.84 bits per heavy atom. The smallest absolute Gasteiger partial charge is 0.253 e. The molecule has 1 saturated heterocycles. The van der Waals surface area contributed by atoms with Gasteiger partial charge in [0, 0.05) is 15.1 Å². The Hall–Kier alpha value is -1.79. The van der Waals surface area contributed by atoms with E-state index in [0.29, 0.717) is 17.1 Å². The molecule has 0 spiro atoms. The summed E-state index contributed by atoms with van der Waals surface area (Å²) in [6.07, 6.45) is 0.150. The van der Waals surface area contributed by atoms with E-state index >= 15 is 0 Å². The molecule has 0 radical (unpaired) electrons. The number of carbonyl (C=O) groups is 2. The highest BCUT2D eigenvalue weighted by molar-refractivity contribution is 14.1. The first-order valence-electron chi connectivity index (χ1n) is 9.69. The number of sulfonamides is 1. The van der Waals surface area contributed by atoms with E-state index in [1.165, 1.54) is 6.07 Å². The van der Waals surface area contributed by atoms with E-state index in [9.17, 15) is 18.0 Å². The Bertz CT molecular complexity index is 1250. The minimum Gasteiger partial charge on any atom is -0.274 e. The van der Waals surface area contributed by atoms with Crippen LogP contribution in [0.4, 0.5) is 5.69 Å². The summed E-state index contributed by atoms with van der Waals surface area (Å²) in [5.41, 5.74) is 1.28. The van der Waals surface area contributed by atoms with Crippen molar-refractivity contribution in [1.29, 1.82) is 0 Å². The fourth-order valence-electron chi connectivity index (χ4n) is 3.60. The molecule has 6 nitrogen and oxygen atoms in total. The van der Waals surface area contributed by atoms with Crippen LogP contribution in [0.5, 0.6) is 0 Å². The van der Waals surface area contributed by atoms with Crippen LogP contribution in [0.2, 0.25) is 5.02 Å². The molecule has 3 aromatic rings. The molecule has 1 aliphatic heterocycles. The molecule has 0 N–H and O–H groups in total. The molecule has 166 valence electrons. The molecule has 4 rings (SSSR count). The number of benzene rings is 2. The lowest BCUT2D eigenvalue weighted by molar-refractivity contribution is -0.122. The molecule has 1 aromatic heterocycles. The van der Waals surface area contributed by atoms with Gasteiger partial charge in [0.15, 0.2) is 0 Å². The molecule has 1 aliphatic rings. The predicted octanol–water partition coefficient (Wildman–Crippen LogP) is 4.57. The first-order valence-corrected chi connectivity index (χ1v) is 13.5. The van der Waals surface area contributed by atoms with E-state index in [4.69, 9.17) is 11.6 Å². The van der Waals surface area contributed by atoms with Gasteiger partial charge in [0.25, 0.3) is 15.9 Å². The molecular weight excluding hydrogens is 583 g/mol. The first kappa shape index (κ1) is 23.4. The van der Waals surface area contributed by atoms with Gasteiger partial charge in [-0.1, -0.05) is 29.8 Å². The minimum absolute atomic E-state index is 0.0464. The Morgan fingerprint density at radius 3 is 2.50 bits per heavy atom. The highest BCUT2D eigenvalue weighted by atomic mass is 127. The van der Waals surface area contributed by atoms with Crippen LogP contribution in [0.1, 0.15) is 12.0 Å². The van der Waals surface area contributed by atoms with Gasteiger partial charge in [0.2, 0.25) is 5.91 Å². The number of thiophene rings is 1. The maximum Gasteiger partial charge on any atom is 0.253 e. The molecule has 10 heteroatoms. The fourth-order valence-corrected chi connectivity index (χ4v) is 6.88. The maximum atomic E-state index is 13.4. The summed E-state index contributed by atoms with van der Waals surface area (Å²) in [5, 5.41) is 2.22. The molecule has 2 heterocycles. The second-order valence-corrected chi connectivity index (χ2v) is 11.9. The largest absolute Gasteiger partial charge is 0.274 e. The SMILES string of the molecule is O=C1CC(N(CCc2cccc(Cl)c2)S(=O)(=O)c2cccs2)C(=O)N1c1ccc(I)cc1. The van der Waals surface area contributed by atoms with Crippen LogP contribution in [0, 0.1) is 3.57 Å². The van der Waals surface area contributed by atoms with Crippen molar-refractivity contribution in [3.8, 4) is 0 Å². The third kappa shape index (κ3) is 4.76. The second-order valence-electron chi connectivity index (χ2n) is 7.19. The van der Waals surface area contributed by atoms with Gasteiger partial charge in [0.05, 0.1) is 12.1 Å². The van der Waals surface area contributed by atoms with Gasteiger partial charge in [0.1, 0.15) is 10.3 Å². The molecule has 2 amide bonds. The number of hydrogen-bond donors (Lipinski definition) is 0. The summed E-state index contributed by atoms with van der Waals surface area (Å²) in [4.78, 5) is 27.2. The van der Waals surface area contributed by atoms with Crippen molar-refractivity contribution >= 4 is 73.1 Å². The van der Waals surface area contributed by atoms with E-state index in [0.717, 1.165) is 29.7 Å². The van der Waals surface area contributed by atoms with Gasteiger partial charge in [-0.05, 0) is 82.4 Å². The Kier molecular flexibility index (Phi) is 7.01. The minimum atomic E-state index is -3.97. The molecule has 2 aromatic carbocycles. The highest BCUT2D eigenvalue weighted by Gasteiger charge is 2.47. The van der Waals surface area contributed by atoms with Crippen LogP contribution in [-0.2, 0) is 26.0 Å². The first-order chi connectivity index (χ1) is 15.3. The van der Waals surface area contributed by atoms with Crippen LogP contribution in [0.3, 0.4) is 0 Å². The molecule has 1 unspecified atom stereocenters. The van der Waals surface area contributed by atoms with Crippen LogP contribution in [0.25, 0.3) is 0 Å². The van der Waals surface area contributed by atoms with E-state index in [1.54, 1.807) is 53.9 Å². The molecule has 0 saturated carbocycles. The van der Waals surface area contributed by atoms with Gasteiger partial charge in [-0.15, -0.1) is 11.3 Å². The predicted molar refractivity (Wildman–Crippen MR) is 133 cm³/mol. The number of amides is 2. The zero-order valence-corrected chi connectivity index (χ0v) is 21.2. The number of nitrogens with zero attached hydrogens (tertiary/aromatic N) is 2. The quantitative estimate of drug-likeness (QED) is 0.294. The zero-order chi connectivity index (χ0) is 22.9. The third-order valence-electron chi connectivity index (χ3n) is 5.12. The zero-order valence-electron chi connectivity index (χ0n) is 16.6. The lowest BCUT2D eigenvalue weighted by atomic mass is 10.1. The van der Waals surface area contributed by atoms with Crippen molar-refractivity contribution in [2.75, 3.05) is 11.4 Å². The lowest BCUT2D eigenvalue weighted by Crippen LogP contribution is -2.46. The summed E-state index contributed by atoms with van der Waals surface area (Å²) < 4.78 is 29.1. The van der Waals surface area contributed by atoms with Crippen LogP contribution in [0.15, 0.2) is 70.3 Å². The Labute approximate surface area is 209 Å². The third-order valence-corrected chi connectivity index (χ3v) is 9.36. The average Bonchev–Trinajstić information content (AvgIpc) is 3.39. The van der Waals surface area contributed by atoms with Gasteiger partial charge < -0.3 is 0 Å². The van der Waals surface area contributed by atoms with Crippen LogP contribution in [-0.4, -0.2) is 37.1 Å². The number of imide groups is 1. The molecular formula is C22H18ClIN2O4S2. The number of halogens is 2. The number of rotatable bonds is 7. The van der Waals surface area contributed by atoms with Crippen molar-refractivity contribution in [3.63, 3.8) is 0 Å². The van der Waals surface area contributed by atoms with Crippen molar-refractivity contribution < 1.29 is 18.0 Å². The summed E-state index contributed by atoms with van der Waals surface area (Å²) >= 11 is 9.28. The Balaban J connectivity index is 1.67. The normalized spacial score (nSPS) is 16.8. The molecule has 32 heavy (non-hydrogen) atoms. The van der Waals surface area contributed by atoms with Gasteiger partial charge in [-0.25, -0.2) is 13.3 Å². The van der Waals surface area contributed by atoms with Gasteiger partial charge in [-0.3, -0.25) is 9.59 Å². The highest BCUT2D eigenvalue weighted by Crippen LogP contribution is 2.31. The summed E-state index contributed by atoms with van der Waals surface area (Å²) in [5.74, 6) is -0.960. The summed E-state index contributed by atoms with van der Waals surface area (Å²) in [6.45, 7) is 0.0464.